The molecule has 0 amide bonds. The van der Waals surface area contributed by atoms with Crippen molar-refractivity contribution in [3.63, 3.8) is 0 Å². The molecule has 0 saturated carbocycles. The van der Waals surface area contributed by atoms with Crippen molar-refractivity contribution in [2.45, 2.75) is 33.9 Å². The standard InChI is InChI=1S/C16H20N2O/c1-11-6-12(2)13(3)16(7-11)19-10-15-5-4-14(8-17)9-18-15/h4-7,9H,8,10,17H2,1-3H3. The first-order valence-electron chi connectivity index (χ1n) is 6.44. The summed E-state index contributed by atoms with van der Waals surface area (Å²) < 4.78 is 5.86. The normalized spacial score (nSPS) is 10.5. The maximum atomic E-state index is 5.86. The van der Waals surface area contributed by atoms with E-state index in [1.54, 1.807) is 6.20 Å². The SMILES string of the molecule is Cc1cc(C)c(C)c(OCc2ccc(CN)cn2)c1. The first-order valence-corrected chi connectivity index (χ1v) is 6.44. The number of nitrogens with two attached hydrogens (primary N) is 1. The number of rotatable bonds is 4. The molecule has 2 rings (SSSR count). The predicted molar refractivity (Wildman–Crippen MR) is 77.1 cm³/mol. The van der Waals surface area contributed by atoms with E-state index in [1.165, 1.54) is 16.7 Å². The lowest BCUT2D eigenvalue weighted by Gasteiger charge is -2.12. The molecular formula is C16H20N2O. The molecule has 1 heterocycles. The number of aromatic nitrogens is 1. The van der Waals surface area contributed by atoms with Crippen LogP contribution in [-0.2, 0) is 13.2 Å². The van der Waals surface area contributed by atoms with Gasteiger partial charge in [-0.05, 0) is 55.2 Å². The molecule has 0 bridgehead atoms. The molecule has 19 heavy (non-hydrogen) atoms. The lowest BCUT2D eigenvalue weighted by molar-refractivity contribution is 0.299. The van der Waals surface area contributed by atoms with E-state index in [4.69, 9.17) is 10.5 Å². The Morgan fingerprint density at radius 1 is 1.16 bits per heavy atom. The van der Waals surface area contributed by atoms with Crippen LogP contribution in [0.25, 0.3) is 0 Å². The van der Waals surface area contributed by atoms with Gasteiger partial charge >= 0.3 is 0 Å². The number of nitrogens with zero attached hydrogens (tertiary/aromatic N) is 1. The number of pyridine rings is 1. The van der Waals surface area contributed by atoms with E-state index in [2.05, 4.69) is 37.9 Å². The molecule has 2 aromatic rings. The van der Waals surface area contributed by atoms with Gasteiger partial charge in [0.15, 0.2) is 0 Å². The van der Waals surface area contributed by atoms with Crippen LogP contribution in [0.1, 0.15) is 27.9 Å². The summed E-state index contributed by atoms with van der Waals surface area (Å²) in [5.41, 5.74) is 11.1. The summed E-state index contributed by atoms with van der Waals surface area (Å²) in [6.45, 7) is 7.25. The minimum Gasteiger partial charge on any atom is -0.487 e. The molecule has 3 heteroatoms. The summed E-state index contributed by atoms with van der Waals surface area (Å²) in [5, 5.41) is 0. The predicted octanol–water partition coefficient (Wildman–Crippen LogP) is 3.04. The Bertz CT molecular complexity index is 562. The van der Waals surface area contributed by atoms with Crippen molar-refractivity contribution in [2.75, 3.05) is 0 Å². The van der Waals surface area contributed by atoms with Gasteiger partial charge in [-0.25, -0.2) is 0 Å². The van der Waals surface area contributed by atoms with Crippen LogP contribution in [0.2, 0.25) is 0 Å². The second-order valence-corrected chi connectivity index (χ2v) is 4.86. The van der Waals surface area contributed by atoms with Gasteiger partial charge in [0.2, 0.25) is 0 Å². The van der Waals surface area contributed by atoms with Crippen molar-refractivity contribution in [1.82, 2.24) is 4.98 Å². The van der Waals surface area contributed by atoms with Crippen LogP contribution in [0, 0.1) is 20.8 Å². The summed E-state index contributed by atoms with van der Waals surface area (Å²) in [6, 6.07) is 8.17. The van der Waals surface area contributed by atoms with Gasteiger partial charge in [-0.3, -0.25) is 4.98 Å². The van der Waals surface area contributed by atoms with Crippen molar-refractivity contribution in [3.05, 3.63) is 58.4 Å². The van der Waals surface area contributed by atoms with Crippen LogP contribution < -0.4 is 10.5 Å². The summed E-state index contributed by atoms with van der Waals surface area (Å²) in [7, 11) is 0. The highest BCUT2D eigenvalue weighted by Gasteiger charge is 2.05. The van der Waals surface area contributed by atoms with Crippen molar-refractivity contribution in [1.29, 1.82) is 0 Å². The van der Waals surface area contributed by atoms with E-state index in [1.807, 2.05) is 12.1 Å². The van der Waals surface area contributed by atoms with E-state index in [0.717, 1.165) is 17.0 Å². The molecule has 3 nitrogen and oxygen atoms in total. The van der Waals surface area contributed by atoms with Gasteiger partial charge in [0, 0.05) is 12.7 Å². The van der Waals surface area contributed by atoms with E-state index in [9.17, 15) is 0 Å². The van der Waals surface area contributed by atoms with E-state index >= 15 is 0 Å². The summed E-state index contributed by atoms with van der Waals surface area (Å²) in [5.74, 6) is 0.933. The van der Waals surface area contributed by atoms with E-state index < -0.39 is 0 Å². The van der Waals surface area contributed by atoms with E-state index in [-0.39, 0.29) is 0 Å². The van der Waals surface area contributed by atoms with Gasteiger partial charge in [-0.15, -0.1) is 0 Å². The molecule has 0 saturated heterocycles. The molecule has 2 N–H and O–H groups in total. The van der Waals surface area contributed by atoms with Crippen molar-refractivity contribution in [2.24, 2.45) is 5.73 Å². The largest absolute Gasteiger partial charge is 0.487 e. The highest BCUT2D eigenvalue weighted by Crippen LogP contribution is 2.23. The second kappa shape index (κ2) is 5.85. The number of benzene rings is 1. The minimum atomic E-state index is 0.481. The fourth-order valence-corrected chi connectivity index (χ4v) is 1.96. The molecule has 0 spiro atoms. The summed E-state index contributed by atoms with van der Waals surface area (Å²) >= 11 is 0. The van der Waals surface area contributed by atoms with Gasteiger partial charge in [0.1, 0.15) is 12.4 Å². The average molecular weight is 256 g/mol. The molecule has 0 unspecified atom stereocenters. The molecule has 0 fully saturated rings. The van der Waals surface area contributed by atoms with Gasteiger partial charge in [-0.2, -0.15) is 0 Å². The molecule has 0 atom stereocenters. The topological polar surface area (TPSA) is 48.1 Å². The van der Waals surface area contributed by atoms with Crippen molar-refractivity contribution < 1.29 is 4.74 Å². The zero-order chi connectivity index (χ0) is 13.8. The van der Waals surface area contributed by atoms with Gasteiger partial charge in [-0.1, -0.05) is 12.1 Å². The minimum absolute atomic E-state index is 0.481. The van der Waals surface area contributed by atoms with Crippen LogP contribution in [0.15, 0.2) is 30.5 Å². The summed E-state index contributed by atoms with van der Waals surface area (Å²) in [6.07, 6.45) is 1.80. The molecule has 0 aliphatic rings. The zero-order valence-corrected chi connectivity index (χ0v) is 11.7. The second-order valence-electron chi connectivity index (χ2n) is 4.86. The third kappa shape index (κ3) is 3.32. The van der Waals surface area contributed by atoms with Crippen LogP contribution in [0.3, 0.4) is 0 Å². The number of aryl methyl sites for hydroxylation is 2. The van der Waals surface area contributed by atoms with Crippen LogP contribution >= 0.6 is 0 Å². The number of ether oxygens (including phenoxy) is 1. The Labute approximate surface area is 114 Å². The third-order valence-corrected chi connectivity index (χ3v) is 3.26. The van der Waals surface area contributed by atoms with Gasteiger partial charge < -0.3 is 10.5 Å². The number of hydrogen-bond donors (Lipinski definition) is 1. The maximum absolute atomic E-state index is 5.86. The molecule has 1 aromatic carbocycles. The van der Waals surface area contributed by atoms with Gasteiger partial charge in [0.25, 0.3) is 0 Å². The lowest BCUT2D eigenvalue weighted by atomic mass is 10.1. The van der Waals surface area contributed by atoms with Gasteiger partial charge in [0.05, 0.1) is 5.69 Å². The Balaban J connectivity index is 2.09. The lowest BCUT2D eigenvalue weighted by Crippen LogP contribution is -2.02. The highest BCUT2D eigenvalue weighted by molar-refractivity contribution is 5.42. The quantitative estimate of drug-likeness (QED) is 0.914. The molecule has 100 valence electrons. The Hall–Kier alpha value is -1.87. The molecule has 0 aliphatic carbocycles. The molecule has 0 radical (unpaired) electrons. The smallest absolute Gasteiger partial charge is 0.130 e. The van der Waals surface area contributed by atoms with Crippen LogP contribution in [0.4, 0.5) is 0 Å². The van der Waals surface area contributed by atoms with Crippen LogP contribution in [-0.4, -0.2) is 4.98 Å². The van der Waals surface area contributed by atoms with Crippen LogP contribution in [0.5, 0.6) is 5.75 Å². The highest BCUT2D eigenvalue weighted by atomic mass is 16.5. The van der Waals surface area contributed by atoms with E-state index in [0.29, 0.717) is 13.2 Å². The molecular weight excluding hydrogens is 236 g/mol. The Kier molecular flexibility index (Phi) is 4.17. The first kappa shape index (κ1) is 13.6. The monoisotopic (exact) mass is 256 g/mol. The van der Waals surface area contributed by atoms with Crippen molar-refractivity contribution in [3.8, 4) is 5.75 Å². The summed E-state index contributed by atoms with van der Waals surface area (Å²) in [4.78, 5) is 4.33. The molecule has 0 aliphatic heterocycles. The Morgan fingerprint density at radius 3 is 2.58 bits per heavy atom. The fourth-order valence-electron chi connectivity index (χ4n) is 1.96. The third-order valence-electron chi connectivity index (χ3n) is 3.26. The number of hydrogen-bond acceptors (Lipinski definition) is 3. The fraction of sp³-hybridized carbons (Fsp3) is 0.312. The maximum Gasteiger partial charge on any atom is 0.130 e. The average Bonchev–Trinajstić information content (AvgIpc) is 2.41. The molecule has 1 aromatic heterocycles. The Morgan fingerprint density at radius 2 is 1.95 bits per heavy atom. The zero-order valence-electron chi connectivity index (χ0n) is 11.7. The van der Waals surface area contributed by atoms with Crippen molar-refractivity contribution >= 4 is 0 Å². The first-order chi connectivity index (χ1) is 9.10.